The van der Waals surface area contributed by atoms with Gasteiger partial charge in [-0.05, 0) is 65.5 Å². The fourth-order valence-electron chi connectivity index (χ4n) is 2.96. The second-order valence-corrected chi connectivity index (χ2v) is 5.83. The van der Waals surface area contributed by atoms with E-state index in [9.17, 15) is 9.18 Å². The van der Waals surface area contributed by atoms with Crippen molar-refractivity contribution in [3.63, 3.8) is 0 Å². The highest BCUT2D eigenvalue weighted by Crippen LogP contribution is 2.43. The zero-order chi connectivity index (χ0) is 16.6. The Labute approximate surface area is 134 Å². The van der Waals surface area contributed by atoms with Crippen LogP contribution in [0.5, 0.6) is 0 Å². The standard InChI is InChI=1S/C20H17FO2/c1-12-3-5-14(6-4-12)9-17-13(2)18(11-20(22)23)19-10-15(21)7-8-16(17)19/h3-10H,11H2,1-2H3,(H,22,23). The number of carbonyl (C=O) groups is 1. The summed E-state index contributed by atoms with van der Waals surface area (Å²) in [5, 5.41) is 9.15. The minimum atomic E-state index is -0.911. The lowest BCUT2D eigenvalue weighted by Gasteiger charge is -2.05. The fourth-order valence-corrected chi connectivity index (χ4v) is 2.96. The van der Waals surface area contributed by atoms with Crippen LogP contribution in [0.15, 0.2) is 48.0 Å². The second-order valence-electron chi connectivity index (χ2n) is 5.83. The van der Waals surface area contributed by atoms with Crippen LogP contribution in [0, 0.1) is 12.7 Å². The van der Waals surface area contributed by atoms with E-state index in [1.807, 2.05) is 44.2 Å². The Hall–Kier alpha value is -2.68. The number of fused-ring (bicyclic) bond motifs is 1. The van der Waals surface area contributed by atoms with Crippen LogP contribution >= 0.6 is 0 Å². The van der Waals surface area contributed by atoms with Crippen LogP contribution < -0.4 is 0 Å². The van der Waals surface area contributed by atoms with Crippen LogP contribution in [0.2, 0.25) is 0 Å². The number of hydrogen-bond donors (Lipinski definition) is 1. The molecule has 0 unspecified atom stereocenters. The molecule has 0 aliphatic heterocycles. The average Bonchev–Trinajstić information content (AvgIpc) is 2.74. The third-order valence-corrected chi connectivity index (χ3v) is 4.17. The summed E-state index contributed by atoms with van der Waals surface area (Å²) in [5.74, 6) is -1.26. The Morgan fingerprint density at radius 1 is 1.09 bits per heavy atom. The van der Waals surface area contributed by atoms with Crippen molar-refractivity contribution in [2.75, 3.05) is 0 Å². The van der Waals surface area contributed by atoms with Gasteiger partial charge < -0.3 is 5.11 Å². The molecule has 2 aromatic carbocycles. The van der Waals surface area contributed by atoms with Crippen molar-refractivity contribution in [3.8, 4) is 0 Å². The molecule has 0 bridgehead atoms. The summed E-state index contributed by atoms with van der Waals surface area (Å²) >= 11 is 0. The first-order valence-electron chi connectivity index (χ1n) is 7.46. The molecule has 0 spiro atoms. The van der Waals surface area contributed by atoms with Crippen molar-refractivity contribution >= 4 is 23.2 Å². The van der Waals surface area contributed by atoms with Gasteiger partial charge in [0.2, 0.25) is 0 Å². The predicted octanol–water partition coefficient (Wildman–Crippen LogP) is 4.94. The van der Waals surface area contributed by atoms with E-state index in [0.717, 1.165) is 22.3 Å². The van der Waals surface area contributed by atoms with Crippen LogP contribution in [-0.2, 0) is 4.79 Å². The van der Waals surface area contributed by atoms with Gasteiger partial charge in [-0.25, -0.2) is 4.39 Å². The van der Waals surface area contributed by atoms with Crippen molar-refractivity contribution in [2.24, 2.45) is 0 Å². The zero-order valence-electron chi connectivity index (χ0n) is 13.1. The van der Waals surface area contributed by atoms with Gasteiger partial charge in [0.05, 0.1) is 6.42 Å². The molecule has 2 aromatic rings. The Kier molecular flexibility index (Phi) is 3.87. The van der Waals surface area contributed by atoms with Crippen LogP contribution in [0.4, 0.5) is 4.39 Å². The third-order valence-electron chi connectivity index (χ3n) is 4.17. The van der Waals surface area contributed by atoms with Gasteiger partial charge in [0, 0.05) is 0 Å². The normalized spacial score (nSPS) is 15.2. The van der Waals surface area contributed by atoms with Gasteiger partial charge in [0.1, 0.15) is 5.82 Å². The number of hydrogen-bond acceptors (Lipinski definition) is 1. The number of carboxylic acids is 1. The second kappa shape index (κ2) is 5.84. The lowest BCUT2D eigenvalue weighted by atomic mass is 10.00. The van der Waals surface area contributed by atoms with Crippen molar-refractivity contribution < 1.29 is 14.3 Å². The topological polar surface area (TPSA) is 37.3 Å². The van der Waals surface area contributed by atoms with E-state index < -0.39 is 5.97 Å². The number of carboxylic acid groups (broad SMARTS) is 1. The first-order valence-corrected chi connectivity index (χ1v) is 7.46. The van der Waals surface area contributed by atoms with Crippen LogP contribution in [0.25, 0.3) is 17.2 Å². The van der Waals surface area contributed by atoms with Crippen molar-refractivity contribution in [3.05, 3.63) is 76.1 Å². The van der Waals surface area contributed by atoms with E-state index in [0.29, 0.717) is 11.1 Å². The molecule has 1 aliphatic rings. The first-order chi connectivity index (χ1) is 11.0. The number of aryl methyl sites for hydroxylation is 1. The van der Waals surface area contributed by atoms with Gasteiger partial charge >= 0.3 is 5.97 Å². The highest BCUT2D eigenvalue weighted by Gasteiger charge is 2.25. The van der Waals surface area contributed by atoms with Crippen molar-refractivity contribution in [2.45, 2.75) is 20.3 Å². The van der Waals surface area contributed by atoms with Gasteiger partial charge in [-0.2, -0.15) is 0 Å². The molecule has 0 saturated heterocycles. The lowest BCUT2D eigenvalue weighted by Crippen LogP contribution is -1.97. The third kappa shape index (κ3) is 2.95. The summed E-state index contributed by atoms with van der Waals surface area (Å²) in [5.41, 5.74) is 6.33. The minimum Gasteiger partial charge on any atom is -0.481 e. The van der Waals surface area contributed by atoms with Gasteiger partial charge in [-0.15, -0.1) is 0 Å². The average molecular weight is 308 g/mol. The first kappa shape index (κ1) is 15.2. The SMILES string of the molecule is CC1=C(CC(=O)O)c2cc(F)ccc2C1=Cc1ccc(C)cc1. The molecule has 0 radical (unpaired) electrons. The number of allylic oxidation sites excluding steroid dienone is 2. The molecule has 0 heterocycles. The molecule has 3 rings (SSSR count). The molecule has 0 amide bonds. The molecular weight excluding hydrogens is 291 g/mol. The van der Waals surface area contributed by atoms with Crippen LogP contribution in [-0.4, -0.2) is 11.1 Å². The molecule has 1 aliphatic carbocycles. The molecule has 0 atom stereocenters. The Bertz CT molecular complexity index is 842. The summed E-state index contributed by atoms with van der Waals surface area (Å²) in [4.78, 5) is 11.2. The van der Waals surface area contributed by atoms with Crippen molar-refractivity contribution in [1.29, 1.82) is 0 Å². The number of benzene rings is 2. The summed E-state index contributed by atoms with van der Waals surface area (Å²) in [7, 11) is 0. The molecule has 2 nitrogen and oxygen atoms in total. The molecule has 116 valence electrons. The van der Waals surface area contributed by atoms with Crippen molar-refractivity contribution in [1.82, 2.24) is 0 Å². The highest BCUT2D eigenvalue weighted by molar-refractivity contribution is 6.07. The summed E-state index contributed by atoms with van der Waals surface area (Å²) in [6.07, 6.45) is 1.92. The number of rotatable bonds is 3. The Balaban J connectivity index is 2.15. The minimum absolute atomic E-state index is 0.104. The summed E-state index contributed by atoms with van der Waals surface area (Å²) in [6.45, 7) is 3.93. The predicted molar refractivity (Wildman–Crippen MR) is 90.3 cm³/mol. The van der Waals surface area contributed by atoms with E-state index >= 15 is 0 Å². The number of halogens is 1. The van der Waals surface area contributed by atoms with Gasteiger partial charge in [-0.3, -0.25) is 4.79 Å². The Morgan fingerprint density at radius 3 is 2.43 bits per heavy atom. The van der Waals surface area contributed by atoms with Gasteiger partial charge in [-0.1, -0.05) is 35.9 Å². The van der Waals surface area contributed by atoms with Gasteiger partial charge in [0.15, 0.2) is 0 Å². The number of aliphatic carboxylic acids is 1. The van der Waals surface area contributed by atoms with E-state index in [4.69, 9.17) is 5.11 Å². The molecule has 0 fully saturated rings. The van der Waals surface area contributed by atoms with Crippen LogP contribution in [0.1, 0.15) is 35.6 Å². The summed E-state index contributed by atoms with van der Waals surface area (Å²) in [6, 6.07) is 12.7. The van der Waals surface area contributed by atoms with E-state index in [2.05, 4.69) is 0 Å². The Morgan fingerprint density at radius 2 is 1.78 bits per heavy atom. The molecule has 23 heavy (non-hydrogen) atoms. The molecule has 1 N–H and O–H groups in total. The lowest BCUT2D eigenvalue weighted by molar-refractivity contribution is -0.135. The molecule has 3 heteroatoms. The smallest absolute Gasteiger partial charge is 0.307 e. The summed E-state index contributed by atoms with van der Waals surface area (Å²) < 4.78 is 13.6. The monoisotopic (exact) mass is 308 g/mol. The van der Waals surface area contributed by atoms with Crippen LogP contribution in [0.3, 0.4) is 0 Å². The van der Waals surface area contributed by atoms with E-state index in [1.165, 1.54) is 17.7 Å². The fraction of sp³-hybridized carbons (Fsp3) is 0.150. The molecular formula is C20H17FO2. The molecule has 0 saturated carbocycles. The quantitative estimate of drug-likeness (QED) is 0.872. The highest BCUT2D eigenvalue weighted by atomic mass is 19.1. The largest absolute Gasteiger partial charge is 0.481 e. The maximum atomic E-state index is 13.6. The van der Waals surface area contributed by atoms with E-state index in [1.54, 1.807) is 6.07 Å². The van der Waals surface area contributed by atoms with Gasteiger partial charge in [0.25, 0.3) is 0 Å². The van der Waals surface area contributed by atoms with E-state index in [-0.39, 0.29) is 12.2 Å². The zero-order valence-corrected chi connectivity index (χ0v) is 13.1. The maximum Gasteiger partial charge on any atom is 0.307 e. The maximum absolute atomic E-state index is 13.6. The molecule has 0 aromatic heterocycles.